The van der Waals surface area contributed by atoms with E-state index < -0.39 is 35.3 Å². The van der Waals surface area contributed by atoms with Crippen molar-refractivity contribution in [2.24, 2.45) is 10.5 Å². The van der Waals surface area contributed by atoms with Crippen molar-refractivity contribution in [3.63, 3.8) is 0 Å². The highest BCUT2D eigenvalue weighted by atomic mass is 16.6. The fourth-order valence-corrected chi connectivity index (χ4v) is 4.33. The van der Waals surface area contributed by atoms with Crippen molar-refractivity contribution in [1.82, 2.24) is 20.6 Å². The van der Waals surface area contributed by atoms with Crippen LogP contribution in [-0.4, -0.2) is 51.4 Å². The van der Waals surface area contributed by atoms with Gasteiger partial charge in [0.05, 0.1) is 11.4 Å². The molecule has 1 aromatic heterocycles. The van der Waals surface area contributed by atoms with Crippen molar-refractivity contribution >= 4 is 41.0 Å². The Morgan fingerprint density at radius 1 is 0.956 bits per heavy atom. The van der Waals surface area contributed by atoms with Gasteiger partial charge >= 0.3 is 18.2 Å². The minimum Gasteiger partial charge on any atom is -0.444 e. The molecule has 236 valence electrons. The fraction of sp³-hybridized carbons (Fsp3) is 0.333. The van der Waals surface area contributed by atoms with Crippen molar-refractivity contribution < 1.29 is 23.9 Å². The summed E-state index contributed by atoms with van der Waals surface area (Å²) in [4.78, 5) is 56.7. The summed E-state index contributed by atoms with van der Waals surface area (Å²) in [7, 11) is 0. The average molecular weight is 614 g/mol. The molecule has 2 aromatic carbocycles. The van der Waals surface area contributed by atoms with Crippen molar-refractivity contribution in [3.05, 3.63) is 89.7 Å². The SMILES string of the molecule is CC(C)(C)OC(=O)NCc1cccc(NC(=O)NC(CC(=O)C(C)(C)C)N2N=C(c3ccccn3)c3ccccc3NC2=O)c1. The number of anilines is 2. The highest BCUT2D eigenvalue weighted by molar-refractivity contribution is 6.17. The average Bonchev–Trinajstić information content (AvgIpc) is 3.11. The standard InChI is InChI=1S/C33H39N7O5/c1-32(2,3)26(41)19-27(38-29(42)36-22-13-11-12-21(18-22)20-35-31(44)45-33(4,5)6)40-30(43)37-24-15-8-7-14-23(24)28(39-40)25-16-9-10-17-34-25/h7-18,27H,19-20H2,1-6H3,(H,35,44)(H,37,43)(H2,36,38,42). The molecule has 4 N–H and O–H groups in total. The smallest absolute Gasteiger partial charge is 0.407 e. The predicted octanol–water partition coefficient (Wildman–Crippen LogP) is 5.86. The van der Waals surface area contributed by atoms with Crippen LogP contribution in [0.3, 0.4) is 0 Å². The maximum absolute atomic E-state index is 13.6. The first-order valence-corrected chi connectivity index (χ1v) is 14.6. The lowest BCUT2D eigenvalue weighted by Gasteiger charge is -2.29. The van der Waals surface area contributed by atoms with Crippen LogP contribution in [0.2, 0.25) is 0 Å². The number of benzene rings is 2. The van der Waals surface area contributed by atoms with Gasteiger partial charge in [0.2, 0.25) is 0 Å². The molecule has 5 amide bonds. The number of fused-ring (bicyclic) bond motifs is 1. The van der Waals surface area contributed by atoms with Gasteiger partial charge in [0, 0.05) is 35.8 Å². The Morgan fingerprint density at radius 2 is 1.69 bits per heavy atom. The first-order chi connectivity index (χ1) is 21.2. The number of nitrogens with zero attached hydrogens (tertiary/aromatic N) is 3. The van der Waals surface area contributed by atoms with E-state index in [0.717, 1.165) is 5.01 Å². The summed E-state index contributed by atoms with van der Waals surface area (Å²) >= 11 is 0. The van der Waals surface area contributed by atoms with Crippen molar-refractivity contribution in [2.75, 3.05) is 10.6 Å². The number of nitrogens with one attached hydrogen (secondary N) is 4. The molecule has 0 fully saturated rings. The minimum absolute atomic E-state index is 0.175. The molecule has 2 heterocycles. The quantitative estimate of drug-likeness (QED) is 0.250. The number of hydrogen-bond donors (Lipinski definition) is 4. The van der Waals surface area contributed by atoms with Gasteiger partial charge in [-0.25, -0.2) is 14.4 Å². The number of alkyl carbamates (subject to hydrolysis) is 1. The number of carbonyl (C=O) groups is 4. The number of hydrazone groups is 1. The second kappa shape index (κ2) is 13.6. The van der Waals surface area contributed by atoms with E-state index in [1.165, 1.54) is 0 Å². The van der Waals surface area contributed by atoms with Crippen LogP contribution in [0.1, 0.15) is 64.8 Å². The Balaban J connectivity index is 1.59. The molecular formula is C33H39N7O5. The third kappa shape index (κ3) is 9.12. The van der Waals surface area contributed by atoms with E-state index in [-0.39, 0.29) is 18.7 Å². The van der Waals surface area contributed by atoms with Crippen LogP contribution in [0.4, 0.5) is 25.8 Å². The summed E-state index contributed by atoms with van der Waals surface area (Å²) in [5.74, 6) is -0.188. The van der Waals surface area contributed by atoms with E-state index in [4.69, 9.17) is 4.74 Å². The summed E-state index contributed by atoms with van der Waals surface area (Å²) < 4.78 is 5.28. The van der Waals surface area contributed by atoms with Gasteiger partial charge in [-0.2, -0.15) is 10.1 Å². The summed E-state index contributed by atoms with van der Waals surface area (Å²) in [6, 6.07) is 18.1. The molecule has 0 bridgehead atoms. The zero-order chi connectivity index (χ0) is 32.8. The van der Waals surface area contributed by atoms with Crippen LogP contribution < -0.4 is 21.3 Å². The van der Waals surface area contributed by atoms with Gasteiger partial charge in [-0.15, -0.1) is 0 Å². The van der Waals surface area contributed by atoms with Crippen LogP contribution in [0.15, 0.2) is 78.0 Å². The van der Waals surface area contributed by atoms with Gasteiger partial charge in [-0.1, -0.05) is 57.2 Å². The summed E-state index contributed by atoms with van der Waals surface area (Å²) in [5.41, 5.74) is 1.82. The molecular weight excluding hydrogens is 574 g/mol. The number of aromatic nitrogens is 1. The molecule has 3 aromatic rings. The van der Waals surface area contributed by atoms with Gasteiger partial charge in [-0.3, -0.25) is 9.78 Å². The Hall–Kier alpha value is -5.26. The second-order valence-corrected chi connectivity index (χ2v) is 12.5. The molecule has 4 rings (SSSR count). The molecule has 45 heavy (non-hydrogen) atoms. The van der Waals surface area contributed by atoms with E-state index in [1.54, 1.807) is 102 Å². The van der Waals surface area contributed by atoms with Crippen molar-refractivity contribution in [1.29, 1.82) is 0 Å². The van der Waals surface area contributed by atoms with Crippen LogP contribution in [0, 0.1) is 5.41 Å². The van der Waals surface area contributed by atoms with Gasteiger partial charge < -0.3 is 26.0 Å². The fourth-order valence-electron chi connectivity index (χ4n) is 4.33. The minimum atomic E-state index is -1.15. The number of Topliss-reactive ketones (excluding diaryl/α,β-unsaturated/α-hetero) is 1. The Morgan fingerprint density at radius 3 is 2.38 bits per heavy atom. The van der Waals surface area contributed by atoms with E-state index >= 15 is 0 Å². The van der Waals surface area contributed by atoms with Crippen LogP contribution in [-0.2, 0) is 16.1 Å². The molecule has 0 aliphatic carbocycles. The predicted molar refractivity (Wildman–Crippen MR) is 172 cm³/mol. The molecule has 1 aliphatic rings. The van der Waals surface area contributed by atoms with E-state index in [0.29, 0.717) is 33.9 Å². The summed E-state index contributed by atoms with van der Waals surface area (Å²) in [5, 5.41) is 16.8. The third-order valence-corrected chi connectivity index (χ3v) is 6.58. The molecule has 1 unspecified atom stereocenters. The Kier molecular flexibility index (Phi) is 9.85. The van der Waals surface area contributed by atoms with Crippen LogP contribution >= 0.6 is 0 Å². The third-order valence-electron chi connectivity index (χ3n) is 6.58. The first kappa shape index (κ1) is 32.6. The molecule has 12 nitrogen and oxygen atoms in total. The molecule has 1 aliphatic heterocycles. The summed E-state index contributed by atoms with van der Waals surface area (Å²) in [6.45, 7) is 10.8. The van der Waals surface area contributed by atoms with Gasteiger partial charge in [0.25, 0.3) is 0 Å². The highest BCUT2D eigenvalue weighted by Crippen LogP contribution is 2.26. The topological polar surface area (TPSA) is 154 Å². The maximum Gasteiger partial charge on any atom is 0.407 e. The lowest BCUT2D eigenvalue weighted by Crippen LogP contribution is -2.52. The largest absolute Gasteiger partial charge is 0.444 e. The zero-order valence-electron chi connectivity index (χ0n) is 26.3. The Bertz CT molecular complexity index is 1590. The lowest BCUT2D eigenvalue weighted by molar-refractivity contribution is -0.127. The normalized spacial score (nSPS) is 13.8. The molecule has 0 radical (unpaired) electrons. The summed E-state index contributed by atoms with van der Waals surface area (Å²) in [6.07, 6.45) is -0.302. The molecule has 0 saturated heterocycles. The number of amides is 5. The number of ketones is 1. The van der Waals surface area contributed by atoms with Gasteiger partial charge in [0.1, 0.15) is 23.3 Å². The number of hydrogen-bond acceptors (Lipinski definition) is 7. The highest BCUT2D eigenvalue weighted by Gasteiger charge is 2.34. The Labute approximate surface area is 262 Å². The van der Waals surface area contributed by atoms with Gasteiger partial charge in [0.15, 0.2) is 0 Å². The van der Waals surface area contributed by atoms with Crippen molar-refractivity contribution in [2.45, 2.75) is 66.3 Å². The number of para-hydroxylation sites is 1. The van der Waals surface area contributed by atoms with Crippen LogP contribution in [0.5, 0.6) is 0 Å². The molecule has 0 saturated carbocycles. The number of ether oxygens (including phenoxy) is 1. The second-order valence-electron chi connectivity index (χ2n) is 12.5. The van der Waals surface area contributed by atoms with E-state index in [9.17, 15) is 19.2 Å². The number of pyridine rings is 1. The maximum atomic E-state index is 13.6. The number of carbonyl (C=O) groups excluding carboxylic acids is 4. The first-order valence-electron chi connectivity index (χ1n) is 14.6. The van der Waals surface area contributed by atoms with E-state index in [2.05, 4.69) is 31.4 Å². The number of rotatable bonds is 8. The van der Waals surface area contributed by atoms with Crippen LogP contribution in [0.25, 0.3) is 0 Å². The van der Waals surface area contributed by atoms with E-state index in [1.807, 2.05) is 12.1 Å². The van der Waals surface area contributed by atoms with Gasteiger partial charge in [-0.05, 0) is 56.7 Å². The molecule has 0 spiro atoms. The zero-order valence-corrected chi connectivity index (χ0v) is 26.3. The monoisotopic (exact) mass is 613 g/mol. The molecule has 12 heteroatoms. The number of urea groups is 2. The lowest BCUT2D eigenvalue weighted by atomic mass is 9.88. The molecule has 1 atom stereocenters. The van der Waals surface area contributed by atoms with Crippen molar-refractivity contribution in [3.8, 4) is 0 Å².